The molecule has 0 saturated carbocycles. The second-order valence-corrected chi connectivity index (χ2v) is 9.48. The average Bonchev–Trinajstić information content (AvgIpc) is 2.92. The second-order valence-electron chi connectivity index (χ2n) is 6.23. The molecular weight excluding hydrogens is 388 g/mol. The van der Waals surface area contributed by atoms with Gasteiger partial charge in [0, 0.05) is 15.5 Å². The molecule has 0 aliphatic rings. The highest BCUT2D eigenvalue weighted by molar-refractivity contribution is 8.01. The van der Waals surface area contributed by atoms with Gasteiger partial charge < -0.3 is 4.74 Å². The van der Waals surface area contributed by atoms with Crippen LogP contribution in [0.15, 0.2) is 35.6 Å². The first-order valence-electron chi connectivity index (χ1n) is 8.19. The molecule has 0 atom stereocenters. The lowest BCUT2D eigenvalue weighted by atomic mass is 10.0. The summed E-state index contributed by atoms with van der Waals surface area (Å²) in [6.45, 7) is 7.94. The van der Waals surface area contributed by atoms with Crippen molar-refractivity contribution in [2.75, 3.05) is 6.61 Å². The number of aromatic nitrogens is 2. The van der Waals surface area contributed by atoms with Crippen LogP contribution in [0.3, 0.4) is 0 Å². The molecule has 0 aliphatic carbocycles. The van der Waals surface area contributed by atoms with Crippen LogP contribution in [0, 0.1) is 6.92 Å². The van der Waals surface area contributed by atoms with Crippen LogP contribution < -0.4 is 0 Å². The molecule has 4 nitrogen and oxygen atoms in total. The summed E-state index contributed by atoms with van der Waals surface area (Å²) in [4.78, 5) is 23.3. The number of nitrogens with zero attached hydrogens (tertiary/aromatic N) is 2. The number of benzene rings is 1. The Morgan fingerprint density at radius 3 is 2.62 bits per heavy atom. The molecule has 0 unspecified atom stereocenters. The van der Waals surface area contributed by atoms with E-state index in [-0.39, 0.29) is 5.97 Å². The zero-order valence-electron chi connectivity index (χ0n) is 15.0. The molecule has 3 aromatic rings. The van der Waals surface area contributed by atoms with Gasteiger partial charge in [-0.2, -0.15) is 0 Å². The van der Waals surface area contributed by atoms with Crippen molar-refractivity contribution in [3.05, 3.63) is 40.5 Å². The highest BCUT2D eigenvalue weighted by Crippen LogP contribution is 2.44. The van der Waals surface area contributed by atoms with E-state index in [1.54, 1.807) is 17.7 Å². The summed E-state index contributed by atoms with van der Waals surface area (Å²) >= 11 is 9.06. The Hall–Kier alpha value is -1.63. The van der Waals surface area contributed by atoms with Gasteiger partial charge >= 0.3 is 5.97 Å². The number of fused-ring (bicyclic) bond motifs is 1. The van der Waals surface area contributed by atoms with E-state index in [1.165, 1.54) is 11.8 Å². The van der Waals surface area contributed by atoms with E-state index in [9.17, 15) is 4.79 Å². The van der Waals surface area contributed by atoms with E-state index in [2.05, 4.69) is 16.9 Å². The largest absolute Gasteiger partial charge is 0.465 e. The van der Waals surface area contributed by atoms with E-state index in [0.29, 0.717) is 11.6 Å². The first-order valence-corrected chi connectivity index (χ1v) is 10.2. The lowest BCUT2D eigenvalue weighted by Crippen LogP contribution is -2.30. The molecular formula is C19H19ClN2O2S2. The van der Waals surface area contributed by atoms with Crippen molar-refractivity contribution < 1.29 is 9.53 Å². The van der Waals surface area contributed by atoms with Gasteiger partial charge in [0.05, 0.1) is 12.0 Å². The zero-order chi connectivity index (χ0) is 18.9. The Labute approximate surface area is 166 Å². The summed E-state index contributed by atoms with van der Waals surface area (Å²) in [5, 5.41) is 2.45. The van der Waals surface area contributed by atoms with Gasteiger partial charge in [0.1, 0.15) is 20.9 Å². The number of thioether (sulfide) groups is 1. The maximum Gasteiger partial charge on any atom is 0.322 e. The lowest BCUT2D eigenvalue weighted by Gasteiger charge is -2.21. The van der Waals surface area contributed by atoms with Crippen LogP contribution in [0.4, 0.5) is 0 Å². The molecule has 1 aromatic carbocycles. The maximum absolute atomic E-state index is 12.3. The predicted octanol–water partition coefficient (Wildman–Crippen LogP) is 5.75. The highest BCUT2D eigenvalue weighted by atomic mass is 35.5. The fraction of sp³-hybridized carbons (Fsp3) is 0.316. The minimum atomic E-state index is -0.746. The molecule has 0 amide bonds. The number of thiophene rings is 1. The van der Waals surface area contributed by atoms with Gasteiger partial charge in [-0.05, 0) is 45.4 Å². The normalized spacial score (nSPS) is 11.7. The van der Waals surface area contributed by atoms with Crippen LogP contribution in [0.5, 0.6) is 0 Å². The van der Waals surface area contributed by atoms with Gasteiger partial charge in [-0.1, -0.05) is 35.5 Å². The van der Waals surface area contributed by atoms with Gasteiger partial charge in [-0.25, -0.2) is 9.97 Å². The van der Waals surface area contributed by atoms with Crippen molar-refractivity contribution in [2.45, 2.75) is 37.5 Å². The summed E-state index contributed by atoms with van der Waals surface area (Å²) in [6, 6.07) is 7.74. The minimum absolute atomic E-state index is 0.253. The molecule has 2 aromatic heterocycles. The maximum atomic E-state index is 12.3. The molecule has 0 bridgehead atoms. The molecule has 3 rings (SSSR count). The standard InChI is InChI=1S/C19H19ClN2O2S2/c1-5-24-18(23)19(3,4)26-17-15-14(12-6-8-13(20)9-7-12)11(2)25-16(15)21-10-22-17/h6-10H,5H2,1-4H3. The topological polar surface area (TPSA) is 52.1 Å². The van der Waals surface area contributed by atoms with E-state index >= 15 is 0 Å². The Morgan fingerprint density at radius 2 is 1.96 bits per heavy atom. The molecule has 0 spiro atoms. The number of esters is 1. The number of carbonyl (C=O) groups is 1. The number of aryl methyl sites for hydroxylation is 1. The third-order valence-electron chi connectivity index (χ3n) is 3.88. The molecule has 2 heterocycles. The number of hydrogen-bond donors (Lipinski definition) is 0. The zero-order valence-corrected chi connectivity index (χ0v) is 17.4. The monoisotopic (exact) mass is 406 g/mol. The van der Waals surface area contributed by atoms with Crippen LogP contribution in [0.2, 0.25) is 5.02 Å². The number of ether oxygens (including phenoxy) is 1. The number of rotatable bonds is 5. The number of carbonyl (C=O) groups excluding carboxylic acids is 1. The SMILES string of the molecule is CCOC(=O)C(C)(C)Sc1ncnc2sc(C)c(-c3ccc(Cl)cc3)c12. The Kier molecular flexibility index (Phi) is 5.55. The summed E-state index contributed by atoms with van der Waals surface area (Å²) in [7, 11) is 0. The summed E-state index contributed by atoms with van der Waals surface area (Å²) in [5.41, 5.74) is 2.15. The molecule has 0 radical (unpaired) electrons. The van der Waals surface area contributed by atoms with E-state index in [0.717, 1.165) is 31.2 Å². The van der Waals surface area contributed by atoms with Crippen molar-refractivity contribution in [3.8, 4) is 11.1 Å². The number of hydrogen-bond acceptors (Lipinski definition) is 6. The molecule has 0 aliphatic heterocycles. The average molecular weight is 407 g/mol. The highest BCUT2D eigenvalue weighted by Gasteiger charge is 2.32. The van der Waals surface area contributed by atoms with E-state index in [4.69, 9.17) is 16.3 Å². The van der Waals surface area contributed by atoms with Gasteiger partial charge in [0.15, 0.2) is 0 Å². The number of halogens is 1. The second kappa shape index (κ2) is 7.55. The van der Waals surface area contributed by atoms with Crippen molar-refractivity contribution in [1.82, 2.24) is 9.97 Å². The fourth-order valence-electron chi connectivity index (χ4n) is 2.65. The minimum Gasteiger partial charge on any atom is -0.465 e. The molecule has 0 fully saturated rings. The molecule has 26 heavy (non-hydrogen) atoms. The molecule has 7 heteroatoms. The van der Waals surface area contributed by atoms with Gasteiger partial charge in [-0.15, -0.1) is 11.3 Å². The van der Waals surface area contributed by atoms with Crippen molar-refractivity contribution >= 4 is 50.9 Å². The van der Waals surface area contributed by atoms with Crippen molar-refractivity contribution in [1.29, 1.82) is 0 Å². The lowest BCUT2D eigenvalue weighted by molar-refractivity contribution is -0.145. The van der Waals surface area contributed by atoms with Crippen molar-refractivity contribution in [3.63, 3.8) is 0 Å². The Balaban J connectivity index is 2.12. The van der Waals surface area contributed by atoms with Gasteiger partial charge in [-0.3, -0.25) is 4.79 Å². The van der Waals surface area contributed by atoms with Crippen LogP contribution in [0.25, 0.3) is 21.3 Å². The van der Waals surface area contributed by atoms with Crippen LogP contribution >= 0.6 is 34.7 Å². The molecule has 0 saturated heterocycles. The quantitative estimate of drug-likeness (QED) is 0.306. The van der Waals surface area contributed by atoms with Gasteiger partial charge in [0.25, 0.3) is 0 Å². The molecule has 136 valence electrons. The van der Waals surface area contributed by atoms with Crippen LogP contribution in [-0.4, -0.2) is 27.3 Å². The Morgan fingerprint density at radius 1 is 1.27 bits per heavy atom. The fourth-order valence-corrected chi connectivity index (χ4v) is 4.88. The van der Waals surface area contributed by atoms with E-state index in [1.807, 2.05) is 45.0 Å². The predicted molar refractivity (Wildman–Crippen MR) is 109 cm³/mol. The third kappa shape index (κ3) is 3.72. The first kappa shape index (κ1) is 19.1. The molecule has 0 N–H and O–H groups in total. The van der Waals surface area contributed by atoms with Gasteiger partial charge in [0.2, 0.25) is 0 Å². The smallest absolute Gasteiger partial charge is 0.322 e. The third-order valence-corrected chi connectivity index (χ3v) is 6.33. The van der Waals surface area contributed by atoms with Crippen molar-refractivity contribution in [2.24, 2.45) is 0 Å². The Bertz CT molecular complexity index is 952. The summed E-state index contributed by atoms with van der Waals surface area (Å²) in [5.74, 6) is -0.253. The summed E-state index contributed by atoms with van der Waals surface area (Å²) in [6.07, 6.45) is 1.55. The summed E-state index contributed by atoms with van der Waals surface area (Å²) < 4.78 is 4.46. The van der Waals surface area contributed by atoms with Crippen LogP contribution in [0.1, 0.15) is 25.6 Å². The van der Waals surface area contributed by atoms with Crippen LogP contribution in [-0.2, 0) is 9.53 Å². The van der Waals surface area contributed by atoms with E-state index < -0.39 is 4.75 Å². The first-order chi connectivity index (χ1) is 12.3.